The Hall–Kier alpha value is -0.0400. The fourth-order valence-corrected chi connectivity index (χ4v) is 1.82. The zero-order valence-corrected chi connectivity index (χ0v) is 4.81. The van der Waals surface area contributed by atoms with E-state index in [2.05, 4.69) is 19.2 Å². The van der Waals surface area contributed by atoms with Crippen LogP contribution in [0.25, 0.3) is 0 Å². The Morgan fingerprint density at radius 3 is 2.00 bits per heavy atom. The predicted molar refractivity (Wildman–Crippen MR) is 29.0 cm³/mol. The molecule has 1 nitrogen and oxygen atoms in total. The highest BCUT2D eigenvalue weighted by Crippen LogP contribution is 2.48. The molecule has 4 atom stereocenters. The molecule has 1 N–H and O–H groups in total. The molecule has 0 bridgehead atoms. The molecule has 1 aliphatic carbocycles. The molecule has 1 heterocycles. The molecule has 1 saturated carbocycles. The minimum atomic E-state index is 0.833. The Morgan fingerprint density at radius 1 is 1.29 bits per heavy atom. The molecule has 0 aromatic heterocycles. The van der Waals surface area contributed by atoms with Gasteiger partial charge in [-0.15, -0.1) is 0 Å². The molecule has 40 valence electrons. The monoisotopic (exact) mass is 97.1 g/mol. The Kier molecular flexibility index (Phi) is 0.487. The van der Waals surface area contributed by atoms with E-state index in [1.807, 2.05) is 0 Å². The SMILES string of the molecule is CC1NC2C(C)C12. The number of rotatable bonds is 0. The minimum absolute atomic E-state index is 0.833. The first-order chi connectivity index (χ1) is 3.30. The molecule has 1 heteroatoms. The van der Waals surface area contributed by atoms with Gasteiger partial charge < -0.3 is 5.32 Å². The van der Waals surface area contributed by atoms with Crippen molar-refractivity contribution in [1.29, 1.82) is 0 Å². The summed E-state index contributed by atoms with van der Waals surface area (Å²) in [6, 6.07) is 1.76. The highest BCUT2D eigenvalue weighted by atomic mass is 15.1. The van der Waals surface area contributed by atoms with Crippen LogP contribution in [0.3, 0.4) is 0 Å². The van der Waals surface area contributed by atoms with Gasteiger partial charge in [0, 0.05) is 12.1 Å². The Bertz CT molecular complexity index is 89.6. The third kappa shape index (κ3) is 0.290. The van der Waals surface area contributed by atoms with E-state index in [9.17, 15) is 0 Å². The number of hydrogen-bond acceptors (Lipinski definition) is 1. The summed E-state index contributed by atoms with van der Waals surface area (Å²) in [4.78, 5) is 0. The molecule has 4 unspecified atom stereocenters. The first kappa shape index (κ1) is 3.90. The smallest absolute Gasteiger partial charge is 0.0145 e. The minimum Gasteiger partial charge on any atom is -0.311 e. The number of nitrogens with one attached hydrogen (secondary N) is 1. The summed E-state index contributed by atoms with van der Waals surface area (Å²) >= 11 is 0. The quantitative estimate of drug-likeness (QED) is 0.467. The Balaban J connectivity index is 2.05. The highest BCUT2D eigenvalue weighted by Gasteiger charge is 2.58. The highest BCUT2D eigenvalue weighted by molar-refractivity contribution is 5.14. The Morgan fingerprint density at radius 2 is 2.00 bits per heavy atom. The molecular formula is C6H11N. The second-order valence-electron chi connectivity index (χ2n) is 2.92. The summed E-state index contributed by atoms with van der Waals surface area (Å²) < 4.78 is 0. The van der Waals surface area contributed by atoms with E-state index in [0.717, 1.165) is 23.9 Å². The van der Waals surface area contributed by atoms with E-state index in [-0.39, 0.29) is 0 Å². The van der Waals surface area contributed by atoms with E-state index in [4.69, 9.17) is 0 Å². The molecule has 0 radical (unpaired) electrons. The Labute approximate surface area is 44.1 Å². The van der Waals surface area contributed by atoms with Crippen LogP contribution in [0.15, 0.2) is 0 Å². The zero-order valence-electron chi connectivity index (χ0n) is 4.81. The molecule has 0 spiro atoms. The van der Waals surface area contributed by atoms with Crippen LogP contribution in [0, 0.1) is 11.8 Å². The molecule has 2 aliphatic rings. The molecule has 2 fully saturated rings. The molecule has 0 aromatic carbocycles. The fraction of sp³-hybridized carbons (Fsp3) is 1.00. The van der Waals surface area contributed by atoms with E-state index < -0.39 is 0 Å². The van der Waals surface area contributed by atoms with Gasteiger partial charge >= 0.3 is 0 Å². The van der Waals surface area contributed by atoms with Gasteiger partial charge in [0.05, 0.1) is 0 Å². The third-order valence-corrected chi connectivity index (χ3v) is 2.48. The molecule has 0 amide bonds. The van der Waals surface area contributed by atoms with Gasteiger partial charge in [-0.3, -0.25) is 0 Å². The standard InChI is InChI=1S/C6H11N/c1-3-5-4(2)7-6(3)5/h3-7H,1-2H3. The van der Waals surface area contributed by atoms with Crippen LogP contribution in [-0.2, 0) is 0 Å². The summed E-state index contributed by atoms with van der Waals surface area (Å²) in [5.74, 6) is 2.05. The van der Waals surface area contributed by atoms with E-state index in [1.165, 1.54) is 0 Å². The van der Waals surface area contributed by atoms with Crippen LogP contribution in [-0.4, -0.2) is 12.1 Å². The van der Waals surface area contributed by atoms with Crippen molar-refractivity contribution in [3.05, 3.63) is 0 Å². The van der Waals surface area contributed by atoms with Crippen LogP contribution in [0.4, 0.5) is 0 Å². The van der Waals surface area contributed by atoms with Crippen LogP contribution >= 0.6 is 0 Å². The summed E-state index contributed by atoms with van der Waals surface area (Å²) in [5.41, 5.74) is 0. The van der Waals surface area contributed by atoms with E-state index >= 15 is 0 Å². The fourth-order valence-electron chi connectivity index (χ4n) is 1.82. The van der Waals surface area contributed by atoms with Crippen molar-refractivity contribution in [1.82, 2.24) is 5.32 Å². The maximum absolute atomic E-state index is 3.43. The summed E-state index contributed by atoms with van der Waals surface area (Å²) in [7, 11) is 0. The summed E-state index contributed by atoms with van der Waals surface area (Å²) in [5, 5.41) is 3.43. The van der Waals surface area contributed by atoms with Crippen molar-refractivity contribution in [2.75, 3.05) is 0 Å². The zero-order chi connectivity index (χ0) is 5.02. The molecule has 1 aliphatic heterocycles. The van der Waals surface area contributed by atoms with Crippen LogP contribution in [0.1, 0.15) is 13.8 Å². The van der Waals surface area contributed by atoms with Gasteiger partial charge in [-0.2, -0.15) is 0 Å². The van der Waals surface area contributed by atoms with Gasteiger partial charge in [0.25, 0.3) is 0 Å². The molecule has 7 heavy (non-hydrogen) atoms. The first-order valence-corrected chi connectivity index (χ1v) is 3.07. The van der Waals surface area contributed by atoms with Crippen molar-refractivity contribution >= 4 is 0 Å². The van der Waals surface area contributed by atoms with Crippen LogP contribution in [0.5, 0.6) is 0 Å². The van der Waals surface area contributed by atoms with Crippen molar-refractivity contribution in [2.24, 2.45) is 11.8 Å². The molecule has 2 rings (SSSR count). The number of fused-ring (bicyclic) bond motifs is 1. The summed E-state index contributed by atoms with van der Waals surface area (Å²) in [6.07, 6.45) is 0. The maximum Gasteiger partial charge on any atom is 0.0145 e. The van der Waals surface area contributed by atoms with Gasteiger partial charge in [0.15, 0.2) is 0 Å². The van der Waals surface area contributed by atoms with Gasteiger partial charge in [-0.25, -0.2) is 0 Å². The molecule has 0 aromatic rings. The van der Waals surface area contributed by atoms with Gasteiger partial charge in [0.2, 0.25) is 0 Å². The lowest BCUT2D eigenvalue weighted by atomic mass is 10.1. The van der Waals surface area contributed by atoms with E-state index in [1.54, 1.807) is 0 Å². The second kappa shape index (κ2) is 0.873. The lowest BCUT2D eigenvalue weighted by Gasteiger charge is -2.21. The van der Waals surface area contributed by atoms with Crippen molar-refractivity contribution in [3.63, 3.8) is 0 Å². The maximum atomic E-state index is 3.43. The summed E-state index contributed by atoms with van der Waals surface area (Å²) in [6.45, 7) is 4.59. The van der Waals surface area contributed by atoms with Gasteiger partial charge in [-0.1, -0.05) is 6.92 Å². The van der Waals surface area contributed by atoms with Crippen LogP contribution < -0.4 is 5.32 Å². The van der Waals surface area contributed by atoms with Crippen molar-refractivity contribution in [2.45, 2.75) is 25.9 Å². The normalized spacial score (nSPS) is 66.0. The lowest BCUT2D eigenvalue weighted by Crippen LogP contribution is -2.42. The van der Waals surface area contributed by atoms with Gasteiger partial charge in [0.1, 0.15) is 0 Å². The lowest BCUT2D eigenvalue weighted by molar-refractivity contribution is 0.379. The van der Waals surface area contributed by atoms with Crippen LogP contribution in [0.2, 0.25) is 0 Å². The number of hydrogen-bond donors (Lipinski definition) is 1. The largest absolute Gasteiger partial charge is 0.311 e. The van der Waals surface area contributed by atoms with Gasteiger partial charge in [-0.05, 0) is 18.8 Å². The average Bonchev–Trinajstić information content (AvgIpc) is 2.07. The average molecular weight is 97.2 g/mol. The third-order valence-electron chi connectivity index (χ3n) is 2.48. The van der Waals surface area contributed by atoms with E-state index in [0.29, 0.717) is 0 Å². The topological polar surface area (TPSA) is 12.0 Å². The first-order valence-electron chi connectivity index (χ1n) is 3.07. The predicted octanol–water partition coefficient (Wildman–Crippen LogP) is 0.613. The molecular weight excluding hydrogens is 86.1 g/mol. The van der Waals surface area contributed by atoms with Crippen molar-refractivity contribution in [3.8, 4) is 0 Å². The van der Waals surface area contributed by atoms with Crippen molar-refractivity contribution < 1.29 is 0 Å². The second-order valence-corrected chi connectivity index (χ2v) is 2.92. The molecule has 1 saturated heterocycles.